The number of hydrogen-bond acceptors (Lipinski definition) is 6. The van der Waals surface area contributed by atoms with Crippen LogP contribution in [0.3, 0.4) is 0 Å². The Morgan fingerprint density at radius 2 is 2.06 bits per heavy atom. The van der Waals surface area contributed by atoms with Crippen molar-refractivity contribution in [1.82, 2.24) is 29.7 Å². The molecule has 0 radical (unpaired) electrons. The van der Waals surface area contributed by atoms with Crippen molar-refractivity contribution < 1.29 is 14.1 Å². The molecule has 32 heavy (non-hydrogen) atoms. The third kappa shape index (κ3) is 3.55. The first-order valence-electron chi connectivity index (χ1n) is 10.2. The first-order chi connectivity index (χ1) is 15.3. The van der Waals surface area contributed by atoms with Crippen LogP contribution >= 0.6 is 23.2 Å². The van der Waals surface area contributed by atoms with Gasteiger partial charge in [0.2, 0.25) is 5.89 Å². The van der Waals surface area contributed by atoms with E-state index in [4.69, 9.17) is 27.7 Å². The van der Waals surface area contributed by atoms with E-state index in [2.05, 4.69) is 15.2 Å². The predicted molar refractivity (Wildman–Crippen MR) is 116 cm³/mol. The zero-order valence-electron chi connectivity index (χ0n) is 17.5. The van der Waals surface area contributed by atoms with E-state index in [9.17, 15) is 9.59 Å². The summed E-state index contributed by atoms with van der Waals surface area (Å²) in [7, 11) is 0. The molecule has 4 heterocycles. The molecule has 1 atom stereocenters. The number of aromatic nitrogens is 4. The molecule has 9 nitrogen and oxygen atoms in total. The van der Waals surface area contributed by atoms with Crippen LogP contribution in [0.25, 0.3) is 0 Å². The molecule has 0 saturated heterocycles. The third-order valence-corrected chi connectivity index (χ3v) is 6.62. The lowest BCUT2D eigenvalue weighted by molar-refractivity contribution is 0.0635. The first-order valence-corrected chi connectivity index (χ1v) is 11.0. The Bertz CT molecular complexity index is 1240. The molecule has 2 amide bonds. The van der Waals surface area contributed by atoms with Gasteiger partial charge >= 0.3 is 0 Å². The highest BCUT2D eigenvalue weighted by Crippen LogP contribution is 2.31. The van der Waals surface area contributed by atoms with Gasteiger partial charge in [0, 0.05) is 37.1 Å². The maximum absolute atomic E-state index is 13.3. The summed E-state index contributed by atoms with van der Waals surface area (Å²) in [6.07, 6.45) is 0.569. The SMILES string of the molecule is Cc1nc(CN2CCn3nc4c(c3C2=O)CN(C(=O)c2ccc(Cl)c(Cl)c2)[C@H](C)C4)no1. The Labute approximate surface area is 193 Å². The Kier molecular flexibility index (Phi) is 5.17. The molecule has 0 bridgehead atoms. The molecule has 2 aromatic heterocycles. The molecule has 166 valence electrons. The molecule has 11 heteroatoms. The van der Waals surface area contributed by atoms with E-state index in [0.29, 0.717) is 59.1 Å². The predicted octanol–water partition coefficient (Wildman–Crippen LogP) is 3.12. The second-order valence-corrected chi connectivity index (χ2v) is 8.88. The maximum atomic E-state index is 13.3. The highest BCUT2D eigenvalue weighted by molar-refractivity contribution is 6.42. The van der Waals surface area contributed by atoms with Crippen molar-refractivity contribution in [2.45, 2.75) is 45.9 Å². The summed E-state index contributed by atoms with van der Waals surface area (Å²) in [5.41, 5.74) is 2.62. The minimum absolute atomic E-state index is 0.0742. The van der Waals surface area contributed by atoms with Crippen molar-refractivity contribution in [3.8, 4) is 0 Å². The molecular weight excluding hydrogens is 455 g/mol. The average Bonchev–Trinajstić information content (AvgIpc) is 3.33. The second-order valence-electron chi connectivity index (χ2n) is 8.07. The molecule has 0 N–H and O–H groups in total. The number of carbonyl (C=O) groups excluding carboxylic acids is 2. The standard InChI is InChI=1S/C21H20Cl2N6O3/c1-11-7-17-14(9-28(11)20(30)13-3-4-15(22)16(23)8-13)19-21(31)27(5-6-29(19)25-17)10-18-24-12(2)32-26-18/h3-4,8,11H,5-7,9-10H2,1-2H3/t11-/m1/s1. The average molecular weight is 475 g/mol. The molecule has 1 aromatic carbocycles. The van der Waals surface area contributed by atoms with E-state index in [-0.39, 0.29) is 24.4 Å². The summed E-state index contributed by atoms with van der Waals surface area (Å²) in [5, 5.41) is 9.29. The lowest BCUT2D eigenvalue weighted by atomic mass is 9.97. The number of benzene rings is 1. The Morgan fingerprint density at radius 3 is 2.78 bits per heavy atom. The number of hydrogen-bond donors (Lipinski definition) is 0. The monoisotopic (exact) mass is 474 g/mol. The quantitative estimate of drug-likeness (QED) is 0.578. The van der Waals surface area contributed by atoms with Crippen LogP contribution in [0.4, 0.5) is 0 Å². The van der Waals surface area contributed by atoms with Crippen LogP contribution in [-0.4, -0.2) is 54.1 Å². The van der Waals surface area contributed by atoms with Crippen molar-refractivity contribution in [1.29, 1.82) is 0 Å². The van der Waals surface area contributed by atoms with Crippen LogP contribution < -0.4 is 0 Å². The summed E-state index contributed by atoms with van der Waals surface area (Å²) in [4.78, 5) is 34.2. The van der Waals surface area contributed by atoms with E-state index < -0.39 is 0 Å². The highest BCUT2D eigenvalue weighted by Gasteiger charge is 2.37. The number of amides is 2. The molecule has 0 fully saturated rings. The van der Waals surface area contributed by atoms with Gasteiger partial charge in [0.15, 0.2) is 5.82 Å². The van der Waals surface area contributed by atoms with Crippen LogP contribution in [0, 0.1) is 6.92 Å². The molecule has 0 unspecified atom stereocenters. The molecule has 5 rings (SSSR count). The van der Waals surface area contributed by atoms with Crippen LogP contribution in [0.2, 0.25) is 10.0 Å². The fourth-order valence-corrected chi connectivity index (χ4v) is 4.56. The van der Waals surface area contributed by atoms with E-state index in [1.54, 1.807) is 39.6 Å². The maximum Gasteiger partial charge on any atom is 0.272 e. The second kappa shape index (κ2) is 7.90. The van der Waals surface area contributed by atoms with Crippen molar-refractivity contribution in [2.75, 3.05) is 6.54 Å². The Morgan fingerprint density at radius 1 is 1.25 bits per heavy atom. The zero-order valence-corrected chi connectivity index (χ0v) is 19.0. The van der Waals surface area contributed by atoms with Crippen LogP contribution in [0.5, 0.6) is 0 Å². The van der Waals surface area contributed by atoms with Gasteiger partial charge in [0.1, 0.15) is 5.69 Å². The summed E-state index contributed by atoms with van der Waals surface area (Å²) in [6.45, 7) is 5.32. The molecule has 2 aliphatic rings. The molecule has 2 aliphatic heterocycles. The highest BCUT2D eigenvalue weighted by atomic mass is 35.5. The smallest absolute Gasteiger partial charge is 0.272 e. The number of fused-ring (bicyclic) bond motifs is 3. The molecule has 0 saturated carbocycles. The summed E-state index contributed by atoms with van der Waals surface area (Å²) in [6, 6.07) is 4.77. The largest absolute Gasteiger partial charge is 0.340 e. The third-order valence-electron chi connectivity index (χ3n) is 5.88. The molecule has 3 aromatic rings. The first kappa shape index (κ1) is 21.0. The molecule has 0 spiro atoms. The van der Waals surface area contributed by atoms with Crippen molar-refractivity contribution in [3.63, 3.8) is 0 Å². The van der Waals surface area contributed by atoms with E-state index >= 15 is 0 Å². The van der Waals surface area contributed by atoms with Gasteiger partial charge in [0.25, 0.3) is 11.8 Å². The van der Waals surface area contributed by atoms with E-state index in [1.807, 2.05) is 6.92 Å². The van der Waals surface area contributed by atoms with Gasteiger partial charge in [-0.1, -0.05) is 28.4 Å². The number of carbonyl (C=O) groups is 2. The summed E-state index contributed by atoms with van der Waals surface area (Å²) < 4.78 is 6.77. The fraction of sp³-hybridized carbons (Fsp3) is 0.381. The summed E-state index contributed by atoms with van der Waals surface area (Å²) in [5.74, 6) is 0.605. The molecule has 0 aliphatic carbocycles. The van der Waals surface area contributed by atoms with Crippen LogP contribution in [-0.2, 0) is 26.1 Å². The van der Waals surface area contributed by atoms with Crippen LogP contribution in [0.15, 0.2) is 22.7 Å². The molecular formula is C21H20Cl2N6O3. The Balaban J connectivity index is 1.43. The number of rotatable bonds is 3. The van der Waals surface area contributed by atoms with Crippen molar-refractivity contribution in [2.24, 2.45) is 0 Å². The van der Waals surface area contributed by atoms with Crippen LogP contribution in [0.1, 0.15) is 50.7 Å². The van der Waals surface area contributed by atoms with Crippen molar-refractivity contribution >= 4 is 35.0 Å². The Hall–Kier alpha value is -2.91. The number of aryl methyl sites for hydroxylation is 1. The zero-order chi connectivity index (χ0) is 22.6. The van der Waals surface area contributed by atoms with Gasteiger partial charge in [-0.3, -0.25) is 14.3 Å². The van der Waals surface area contributed by atoms with Gasteiger partial charge in [-0.25, -0.2) is 0 Å². The van der Waals surface area contributed by atoms with E-state index in [1.165, 1.54) is 0 Å². The number of nitrogens with zero attached hydrogens (tertiary/aromatic N) is 6. The minimum Gasteiger partial charge on any atom is -0.340 e. The topological polar surface area (TPSA) is 97.4 Å². The van der Waals surface area contributed by atoms with Gasteiger partial charge in [-0.05, 0) is 25.1 Å². The van der Waals surface area contributed by atoms with Gasteiger partial charge in [-0.2, -0.15) is 10.1 Å². The van der Waals surface area contributed by atoms with E-state index in [0.717, 1.165) is 11.3 Å². The lowest BCUT2D eigenvalue weighted by Crippen LogP contribution is -2.44. The summed E-state index contributed by atoms with van der Waals surface area (Å²) >= 11 is 12.1. The fourth-order valence-electron chi connectivity index (χ4n) is 4.26. The minimum atomic E-state index is -0.163. The van der Waals surface area contributed by atoms with Gasteiger partial charge < -0.3 is 14.3 Å². The lowest BCUT2D eigenvalue weighted by Gasteiger charge is -2.34. The van der Waals surface area contributed by atoms with Crippen molar-refractivity contribution in [3.05, 3.63) is 62.5 Å². The van der Waals surface area contributed by atoms with Gasteiger partial charge in [0.05, 0.1) is 35.4 Å². The van der Waals surface area contributed by atoms with Gasteiger partial charge in [-0.15, -0.1) is 0 Å². The number of halogens is 2. The normalized spacial score (nSPS) is 18.0.